The number of hydrogen-bond donors (Lipinski definition) is 1. The van der Waals surface area contributed by atoms with E-state index in [-0.39, 0.29) is 0 Å². The Hall–Kier alpha value is -1.38. The van der Waals surface area contributed by atoms with Crippen molar-refractivity contribution in [1.82, 2.24) is 4.98 Å². The minimum atomic E-state index is 0.701. The molecule has 88 valence electrons. The fraction of sp³-hybridized carbons (Fsp3) is 0.214. The van der Waals surface area contributed by atoms with Crippen LogP contribution in [0, 0.1) is 0 Å². The topological polar surface area (TPSA) is 38.9 Å². The van der Waals surface area contributed by atoms with Crippen molar-refractivity contribution in [2.45, 2.75) is 12.8 Å². The van der Waals surface area contributed by atoms with Crippen molar-refractivity contribution in [3.05, 3.63) is 53.3 Å². The largest absolute Gasteiger partial charge is 0.330 e. The Labute approximate surface area is 106 Å². The SMILES string of the molecule is NCCCc1cc(-c2ccc(Cl)cc2)ccn1. The molecule has 2 nitrogen and oxygen atoms in total. The van der Waals surface area contributed by atoms with Gasteiger partial charge in [0, 0.05) is 16.9 Å². The Kier molecular flexibility index (Phi) is 4.13. The fourth-order valence-electron chi connectivity index (χ4n) is 1.72. The second kappa shape index (κ2) is 5.80. The molecule has 17 heavy (non-hydrogen) atoms. The number of hydrogen-bond acceptors (Lipinski definition) is 2. The van der Waals surface area contributed by atoms with Gasteiger partial charge in [0.15, 0.2) is 0 Å². The number of rotatable bonds is 4. The van der Waals surface area contributed by atoms with Gasteiger partial charge in [-0.3, -0.25) is 4.98 Å². The van der Waals surface area contributed by atoms with Gasteiger partial charge in [-0.1, -0.05) is 23.7 Å². The molecule has 0 fully saturated rings. The molecule has 0 aliphatic heterocycles. The summed E-state index contributed by atoms with van der Waals surface area (Å²) in [5.41, 5.74) is 8.91. The molecule has 0 atom stereocenters. The van der Waals surface area contributed by atoms with Crippen molar-refractivity contribution in [1.29, 1.82) is 0 Å². The van der Waals surface area contributed by atoms with Gasteiger partial charge in [0.1, 0.15) is 0 Å². The third-order valence-corrected chi connectivity index (χ3v) is 2.88. The zero-order chi connectivity index (χ0) is 12.1. The van der Waals surface area contributed by atoms with E-state index in [2.05, 4.69) is 11.1 Å². The Bertz CT molecular complexity index is 480. The molecule has 0 aliphatic carbocycles. The van der Waals surface area contributed by atoms with Crippen molar-refractivity contribution in [3.8, 4) is 11.1 Å². The number of aromatic nitrogens is 1. The van der Waals surface area contributed by atoms with E-state index in [0.717, 1.165) is 29.1 Å². The third kappa shape index (κ3) is 3.29. The van der Waals surface area contributed by atoms with Crippen molar-refractivity contribution in [3.63, 3.8) is 0 Å². The van der Waals surface area contributed by atoms with Gasteiger partial charge < -0.3 is 5.73 Å². The molecule has 0 amide bonds. The van der Waals surface area contributed by atoms with E-state index in [4.69, 9.17) is 17.3 Å². The summed E-state index contributed by atoms with van der Waals surface area (Å²) in [4.78, 5) is 4.34. The van der Waals surface area contributed by atoms with Crippen LogP contribution in [0.25, 0.3) is 11.1 Å². The first-order valence-corrected chi connectivity index (χ1v) is 6.08. The van der Waals surface area contributed by atoms with Crippen LogP contribution in [0.4, 0.5) is 0 Å². The Morgan fingerprint density at radius 2 is 1.82 bits per heavy atom. The van der Waals surface area contributed by atoms with Crippen LogP contribution in [-0.4, -0.2) is 11.5 Å². The number of aryl methyl sites for hydroxylation is 1. The normalized spacial score (nSPS) is 10.5. The van der Waals surface area contributed by atoms with Crippen molar-refractivity contribution < 1.29 is 0 Å². The van der Waals surface area contributed by atoms with Gasteiger partial charge in [0.25, 0.3) is 0 Å². The lowest BCUT2D eigenvalue weighted by molar-refractivity contribution is 0.811. The highest BCUT2D eigenvalue weighted by atomic mass is 35.5. The monoisotopic (exact) mass is 246 g/mol. The van der Waals surface area contributed by atoms with Gasteiger partial charge in [0.2, 0.25) is 0 Å². The van der Waals surface area contributed by atoms with E-state index in [1.54, 1.807) is 0 Å². The summed E-state index contributed by atoms with van der Waals surface area (Å²) in [5.74, 6) is 0. The van der Waals surface area contributed by atoms with Gasteiger partial charge in [0.05, 0.1) is 0 Å². The number of nitrogens with two attached hydrogens (primary N) is 1. The highest BCUT2D eigenvalue weighted by Crippen LogP contribution is 2.21. The molecule has 2 N–H and O–H groups in total. The van der Waals surface area contributed by atoms with E-state index in [0.29, 0.717) is 6.54 Å². The van der Waals surface area contributed by atoms with Gasteiger partial charge in [-0.15, -0.1) is 0 Å². The van der Waals surface area contributed by atoms with Crippen LogP contribution >= 0.6 is 11.6 Å². The number of benzene rings is 1. The molecule has 0 spiro atoms. The van der Waals surface area contributed by atoms with E-state index < -0.39 is 0 Å². The van der Waals surface area contributed by atoms with Crippen LogP contribution in [0.3, 0.4) is 0 Å². The summed E-state index contributed by atoms with van der Waals surface area (Å²) in [6.45, 7) is 0.701. The molecule has 1 aromatic heterocycles. The zero-order valence-electron chi connectivity index (χ0n) is 9.57. The molecule has 2 rings (SSSR count). The minimum Gasteiger partial charge on any atom is -0.330 e. The molecular formula is C14H15ClN2. The molecule has 3 heteroatoms. The summed E-state index contributed by atoms with van der Waals surface area (Å²) >= 11 is 5.87. The molecule has 1 aromatic carbocycles. The summed E-state index contributed by atoms with van der Waals surface area (Å²) in [5, 5.41) is 0.756. The lowest BCUT2D eigenvalue weighted by Crippen LogP contribution is -2.01. The van der Waals surface area contributed by atoms with E-state index >= 15 is 0 Å². The predicted molar refractivity (Wildman–Crippen MR) is 72.1 cm³/mol. The summed E-state index contributed by atoms with van der Waals surface area (Å²) < 4.78 is 0. The van der Waals surface area contributed by atoms with Crippen LogP contribution < -0.4 is 5.73 Å². The number of halogens is 1. The van der Waals surface area contributed by atoms with Crippen LogP contribution in [0.1, 0.15) is 12.1 Å². The lowest BCUT2D eigenvalue weighted by Gasteiger charge is -2.04. The van der Waals surface area contributed by atoms with Crippen LogP contribution in [0.2, 0.25) is 5.02 Å². The summed E-state index contributed by atoms with van der Waals surface area (Å²) in [7, 11) is 0. The predicted octanol–water partition coefficient (Wildman–Crippen LogP) is 3.29. The summed E-state index contributed by atoms with van der Waals surface area (Å²) in [6.07, 6.45) is 3.74. The van der Waals surface area contributed by atoms with E-state index in [9.17, 15) is 0 Å². The molecule has 0 saturated carbocycles. The standard InChI is InChI=1S/C14H15ClN2/c15-13-5-3-11(4-6-13)12-7-9-17-14(10-12)2-1-8-16/h3-7,9-10H,1-2,8,16H2. The second-order valence-electron chi connectivity index (χ2n) is 3.93. The van der Waals surface area contributed by atoms with Gasteiger partial charge in [-0.2, -0.15) is 0 Å². The number of nitrogens with zero attached hydrogens (tertiary/aromatic N) is 1. The number of pyridine rings is 1. The summed E-state index contributed by atoms with van der Waals surface area (Å²) in [6, 6.07) is 12.0. The Balaban J connectivity index is 2.23. The van der Waals surface area contributed by atoms with Gasteiger partial charge in [-0.25, -0.2) is 0 Å². The maximum Gasteiger partial charge on any atom is 0.0410 e. The van der Waals surface area contributed by atoms with Crippen LogP contribution in [0.15, 0.2) is 42.6 Å². The molecule has 1 heterocycles. The molecule has 0 aliphatic rings. The van der Waals surface area contributed by atoms with Crippen molar-refractivity contribution >= 4 is 11.6 Å². The van der Waals surface area contributed by atoms with E-state index in [1.807, 2.05) is 36.5 Å². The highest BCUT2D eigenvalue weighted by Gasteiger charge is 2.00. The first kappa shape index (κ1) is 12.1. The average Bonchev–Trinajstić information content (AvgIpc) is 2.37. The Morgan fingerprint density at radius 1 is 1.06 bits per heavy atom. The smallest absolute Gasteiger partial charge is 0.0410 e. The minimum absolute atomic E-state index is 0.701. The lowest BCUT2D eigenvalue weighted by atomic mass is 10.1. The fourth-order valence-corrected chi connectivity index (χ4v) is 1.85. The quantitative estimate of drug-likeness (QED) is 0.899. The first-order chi connectivity index (χ1) is 8.29. The van der Waals surface area contributed by atoms with Gasteiger partial charge >= 0.3 is 0 Å². The van der Waals surface area contributed by atoms with Crippen molar-refractivity contribution in [2.24, 2.45) is 5.73 Å². The van der Waals surface area contributed by atoms with Crippen molar-refractivity contribution in [2.75, 3.05) is 6.54 Å². The first-order valence-electron chi connectivity index (χ1n) is 5.70. The molecule has 0 unspecified atom stereocenters. The van der Waals surface area contributed by atoms with Crippen LogP contribution in [0.5, 0.6) is 0 Å². The average molecular weight is 247 g/mol. The molecule has 0 radical (unpaired) electrons. The molecular weight excluding hydrogens is 232 g/mol. The van der Waals surface area contributed by atoms with Crippen LogP contribution in [-0.2, 0) is 6.42 Å². The van der Waals surface area contributed by atoms with Gasteiger partial charge in [-0.05, 0) is 54.8 Å². The second-order valence-corrected chi connectivity index (χ2v) is 4.37. The van der Waals surface area contributed by atoms with E-state index in [1.165, 1.54) is 5.56 Å². The third-order valence-electron chi connectivity index (χ3n) is 2.63. The Morgan fingerprint density at radius 3 is 2.53 bits per heavy atom. The molecule has 0 saturated heterocycles. The molecule has 2 aromatic rings. The zero-order valence-corrected chi connectivity index (χ0v) is 10.3. The highest BCUT2D eigenvalue weighted by molar-refractivity contribution is 6.30. The maximum absolute atomic E-state index is 5.87. The molecule has 0 bridgehead atoms. The maximum atomic E-state index is 5.87.